The van der Waals surface area contributed by atoms with Crippen molar-refractivity contribution in [2.24, 2.45) is 0 Å². The number of nitro benzene ring substituents is 1. The number of furan rings is 1. The number of nitrogens with zero attached hydrogens (tertiary/aromatic N) is 2. The summed E-state index contributed by atoms with van der Waals surface area (Å²) in [6.07, 6.45) is 1.32. The molecule has 2 N–H and O–H groups in total. The van der Waals surface area contributed by atoms with Crippen molar-refractivity contribution in [1.82, 2.24) is 10.2 Å². The molecule has 36 heavy (non-hydrogen) atoms. The molecule has 4 rings (SSSR count). The smallest absolute Gasteiger partial charge is 0.329 e. The summed E-state index contributed by atoms with van der Waals surface area (Å²) in [5.74, 6) is -0.0687. The maximum absolute atomic E-state index is 12.8. The average Bonchev–Trinajstić information content (AvgIpc) is 3.44. The number of non-ortho nitro benzene ring substituents is 1. The van der Waals surface area contributed by atoms with E-state index in [4.69, 9.17) is 13.9 Å². The molecule has 0 saturated carbocycles. The fourth-order valence-electron chi connectivity index (χ4n) is 3.51. The van der Waals surface area contributed by atoms with Crippen molar-refractivity contribution in [2.45, 2.75) is 0 Å². The van der Waals surface area contributed by atoms with Gasteiger partial charge in [-0.25, -0.2) is 9.69 Å². The predicted octanol–water partition coefficient (Wildman–Crippen LogP) is 3.40. The van der Waals surface area contributed by atoms with Gasteiger partial charge in [0.05, 0.1) is 36.5 Å². The molecule has 2 heterocycles. The highest BCUT2D eigenvalue weighted by atomic mass is 16.6. The molecular formula is C24H20N4O8. The van der Waals surface area contributed by atoms with Gasteiger partial charge in [0.25, 0.3) is 11.6 Å². The fourth-order valence-corrected chi connectivity index (χ4v) is 3.51. The van der Waals surface area contributed by atoms with Gasteiger partial charge in [-0.2, -0.15) is 0 Å². The van der Waals surface area contributed by atoms with Crippen LogP contribution < -0.4 is 20.1 Å². The Balaban J connectivity index is 1.49. The highest BCUT2D eigenvalue weighted by molar-refractivity contribution is 6.15. The Morgan fingerprint density at radius 3 is 2.58 bits per heavy atom. The first-order valence-corrected chi connectivity index (χ1v) is 10.5. The van der Waals surface area contributed by atoms with Crippen molar-refractivity contribution in [2.75, 3.05) is 26.1 Å². The summed E-state index contributed by atoms with van der Waals surface area (Å²) in [7, 11) is 2.83. The first-order chi connectivity index (χ1) is 17.3. The minimum Gasteiger partial charge on any atom is -0.496 e. The fraction of sp³-hybridized carbons (Fsp3) is 0.125. The summed E-state index contributed by atoms with van der Waals surface area (Å²) >= 11 is 0. The summed E-state index contributed by atoms with van der Waals surface area (Å²) in [5.41, 5.74) is 0.641. The van der Waals surface area contributed by atoms with E-state index in [-0.39, 0.29) is 22.9 Å². The predicted molar refractivity (Wildman–Crippen MR) is 127 cm³/mol. The van der Waals surface area contributed by atoms with Gasteiger partial charge < -0.3 is 24.5 Å². The molecule has 2 aromatic carbocycles. The van der Waals surface area contributed by atoms with Gasteiger partial charge >= 0.3 is 6.03 Å². The number of nitrogens with one attached hydrogen (secondary N) is 2. The summed E-state index contributed by atoms with van der Waals surface area (Å²) < 4.78 is 16.1. The van der Waals surface area contributed by atoms with E-state index in [1.54, 1.807) is 36.4 Å². The summed E-state index contributed by atoms with van der Waals surface area (Å²) in [6, 6.07) is 13.2. The van der Waals surface area contributed by atoms with Crippen LogP contribution in [0.25, 0.3) is 17.4 Å². The lowest BCUT2D eigenvalue weighted by atomic mass is 10.1. The molecule has 1 aliphatic rings. The third-order valence-electron chi connectivity index (χ3n) is 5.22. The van der Waals surface area contributed by atoms with E-state index in [2.05, 4.69) is 10.6 Å². The Bertz CT molecular complexity index is 1390. The van der Waals surface area contributed by atoms with Gasteiger partial charge in [-0.1, -0.05) is 12.1 Å². The third-order valence-corrected chi connectivity index (χ3v) is 5.22. The van der Waals surface area contributed by atoms with Crippen molar-refractivity contribution in [1.29, 1.82) is 0 Å². The number of imide groups is 1. The molecule has 1 aromatic heterocycles. The maximum Gasteiger partial charge on any atom is 0.329 e. The summed E-state index contributed by atoms with van der Waals surface area (Å²) in [4.78, 5) is 48.8. The average molecular weight is 492 g/mol. The largest absolute Gasteiger partial charge is 0.496 e. The lowest BCUT2D eigenvalue weighted by Gasteiger charge is -2.13. The second-order valence-electron chi connectivity index (χ2n) is 7.47. The maximum atomic E-state index is 12.8. The number of hydrogen-bond acceptors (Lipinski definition) is 8. The Kier molecular flexibility index (Phi) is 6.68. The van der Waals surface area contributed by atoms with Crippen molar-refractivity contribution in [3.8, 4) is 22.8 Å². The van der Waals surface area contributed by atoms with E-state index in [1.165, 1.54) is 38.5 Å². The topological polar surface area (TPSA) is 153 Å². The molecule has 0 spiro atoms. The second-order valence-corrected chi connectivity index (χ2v) is 7.47. The summed E-state index contributed by atoms with van der Waals surface area (Å²) in [6.45, 7) is -0.510. The molecular weight excluding hydrogens is 472 g/mol. The molecule has 12 nitrogen and oxygen atoms in total. The number of carbonyl (C=O) groups is 3. The number of methoxy groups -OCH3 is 2. The number of anilines is 1. The van der Waals surface area contributed by atoms with Gasteiger partial charge in [0.15, 0.2) is 0 Å². The van der Waals surface area contributed by atoms with Crippen LogP contribution in [0.3, 0.4) is 0 Å². The van der Waals surface area contributed by atoms with Gasteiger partial charge in [0.2, 0.25) is 5.91 Å². The first-order valence-electron chi connectivity index (χ1n) is 10.5. The van der Waals surface area contributed by atoms with Crippen LogP contribution in [0.15, 0.2) is 64.7 Å². The summed E-state index contributed by atoms with van der Waals surface area (Å²) in [5, 5.41) is 16.0. The molecule has 0 aliphatic carbocycles. The van der Waals surface area contributed by atoms with E-state index >= 15 is 0 Å². The molecule has 3 aromatic rings. The van der Waals surface area contributed by atoms with Gasteiger partial charge in [-0.05, 0) is 30.3 Å². The zero-order valence-electron chi connectivity index (χ0n) is 19.1. The first kappa shape index (κ1) is 24.0. The number of rotatable bonds is 8. The van der Waals surface area contributed by atoms with E-state index in [1.807, 2.05) is 0 Å². The molecule has 4 amide bonds. The molecule has 0 unspecified atom stereocenters. The Labute approximate surface area is 204 Å². The number of amides is 4. The number of benzene rings is 2. The highest BCUT2D eigenvalue weighted by Gasteiger charge is 2.35. The van der Waals surface area contributed by atoms with Crippen LogP contribution in [0.5, 0.6) is 11.5 Å². The van der Waals surface area contributed by atoms with Gasteiger partial charge in [0, 0.05) is 12.1 Å². The number of para-hydroxylation sites is 2. The van der Waals surface area contributed by atoms with Gasteiger partial charge in [-0.15, -0.1) is 0 Å². The SMILES string of the molecule is COc1ccccc1NC(=O)CN1C(=O)N/C(=C/c2ccc(-c3ccc([N+](=O)[O-])cc3OC)o2)C1=O. The van der Waals surface area contributed by atoms with Crippen LogP contribution in [-0.4, -0.2) is 48.4 Å². The second kappa shape index (κ2) is 10.0. The van der Waals surface area contributed by atoms with Gasteiger partial charge in [-0.3, -0.25) is 19.7 Å². The Morgan fingerprint density at radius 2 is 1.86 bits per heavy atom. The monoisotopic (exact) mass is 492 g/mol. The number of ether oxygens (including phenoxy) is 2. The van der Waals surface area contributed by atoms with Crippen LogP contribution in [0.4, 0.5) is 16.2 Å². The number of hydrogen-bond donors (Lipinski definition) is 2. The molecule has 12 heteroatoms. The number of urea groups is 1. The number of carbonyl (C=O) groups excluding carboxylic acids is 3. The molecule has 1 fully saturated rings. The van der Waals surface area contributed by atoms with E-state index in [0.717, 1.165) is 4.90 Å². The molecule has 0 radical (unpaired) electrons. The molecule has 1 saturated heterocycles. The zero-order valence-corrected chi connectivity index (χ0v) is 19.1. The standard InChI is InChI=1S/C24H20N4O8/c1-34-20-6-4-3-5-17(20)25-22(29)13-27-23(30)18(26-24(27)31)12-15-8-10-19(36-15)16-9-7-14(28(32)33)11-21(16)35-2/h3-12H,13H2,1-2H3,(H,25,29)(H,26,31)/b18-12+. The third kappa shape index (κ3) is 4.87. The Morgan fingerprint density at radius 1 is 1.11 bits per heavy atom. The van der Waals surface area contributed by atoms with E-state index in [9.17, 15) is 24.5 Å². The molecule has 1 aliphatic heterocycles. The van der Waals surface area contributed by atoms with Crippen molar-refractivity contribution >= 4 is 35.3 Å². The van der Waals surface area contributed by atoms with Crippen LogP contribution in [0.2, 0.25) is 0 Å². The van der Waals surface area contributed by atoms with Gasteiger partial charge in [0.1, 0.15) is 35.3 Å². The lowest BCUT2D eigenvalue weighted by Crippen LogP contribution is -2.38. The normalized spacial score (nSPS) is 14.1. The molecule has 184 valence electrons. The van der Waals surface area contributed by atoms with E-state index in [0.29, 0.717) is 22.8 Å². The zero-order chi connectivity index (χ0) is 25.8. The van der Waals surface area contributed by atoms with Crippen molar-refractivity contribution < 1.29 is 33.2 Å². The van der Waals surface area contributed by atoms with Crippen molar-refractivity contribution in [3.63, 3.8) is 0 Å². The molecule has 0 bridgehead atoms. The van der Waals surface area contributed by atoms with Crippen LogP contribution >= 0.6 is 0 Å². The minimum absolute atomic E-state index is 0.0818. The van der Waals surface area contributed by atoms with Crippen LogP contribution in [0, 0.1) is 10.1 Å². The quantitative estimate of drug-likeness (QED) is 0.210. The Hall–Kier alpha value is -5.13. The van der Waals surface area contributed by atoms with Crippen LogP contribution in [-0.2, 0) is 9.59 Å². The van der Waals surface area contributed by atoms with Crippen LogP contribution in [0.1, 0.15) is 5.76 Å². The minimum atomic E-state index is -0.759. The number of nitro groups is 1. The van der Waals surface area contributed by atoms with E-state index < -0.39 is 29.3 Å². The highest BCUT2D eigenvalue weighted by Crippen LogP contribution is 2.34. The lowest BCUT2D eigenvalue weighted by molar-refractivity contribution is -0.384. The van der Waals surface area contributed by atoms with Crippen molar-refractivity contribution in [3.05, 3.63) is 76.2 Å². The molecule has 0 atom stereocenters.